The Morgan fingerprint density at radius 1 is 1.17 bits per heavy atom. The number of anilines is 1. The number of aromatic nitrogens is 1. The summed E-state index contributed by atoms with van der Waals surface area (Å²) in [5.41, 5.74) is 3.96. The number of hydrogen-bond acceptors (Lipinski definition) is 3. The van der Waals surface area contributed by atoms with Crippen molar-refractivity contribution in [1.82, 2.24) is 4.57 Å². The number of nitrogens with one attached hydrogen (secondary N) is 1. The van der Waals surface area contributed by atoms with Gasteiger partial charge in [0.05, 0.1) is 30.1 Å². The number of carboxylic acids is 1. The van der Waals surface area contributed by atoms with Crippen LogP contribution in [0.1, 0.15) is 27.7 Å². The van der Waals surface area contributed by atoms with Gasteiger partial charge in [0, 0.05) is 18.0 Å². The molecule has 1 unspecified atom stereocenters. The zero-order valence-corrected chi connectivity index (χ0v) is 13.1. The second-order valence-electron chi connectivity index (χ2n) is 5.66. The van der Waals surface area contributed by atoms with E-state index in [0.29, 0.717) is 5.56 Å². The zero-order chi connectivity index (χ0) is 16.7. The Kier molecular flexibility index (Phi) is 3.27. The van der Waals surface area contributed by atoms with Gasteiger partial charge in [-0.05, 0) is 35.9 Å². The van der Waals surface area contributed by atoms with Crippen LogP contribution in [0.5, 0.6) is 5.75 Å². The van der Waals surface area contributed by atoms with E-state index in [2.05, 4.69) is 9.88 Å². The maximum Gasteiger partial charge on any atom is 0.336 e. The molecule has 4 rings (SSSR count). The van der Waals surface area contributed by atoms with Crippen molar-refractivity contribution in [3.8, 4) is 11.4 Å². The molecule has 24 heavy (non-hydrogen) atoms. The van der Waals surface area contributed by atoms with Crippen LogP contribution < -0.4 is 10.1 Å². The summed E-state index contributed by atoms with van der Waals surface area (Å²) in [5.74, 6) is -0.177. The number of benzene rings is 2. The summed E-state index contributed by atoms with van der Waals surface area (Å²) in [6.07, 6.45) is 1.98. The lowest BCUT2D eigenvalue weighted by atomic mass is 9.95. The number of rotatable bonds is 3. The molecule has 0 aliphatic carbocycles. The minimum Gasteiger partial charge on any atom is -0.497 e. The van der Waals surface area contributed by atoms with Crippen LogP contribution in [0.15, 0.2) is 60.8 Å². The third-order valence-electron chi connectivity index (χ3n) is 4.34. The first-order valence-corrected chi connectivity index (χ1v) is 7.63. The van der Waals surface area contributed by atoms with Crippen LogP contribution in [0.3, 0.4) is 0 Å². The highest BCUT2D eigenvalue weighted by Gasteiger charge is 2.28. The number of methoxy groups -OCH3 is 1. The van der Waals surface area contributed by atoms with Crippen molar-refractivity contribution in [1.29, 1.82) is 0 Å². The minimum atomic E-state index is -0.929. The van der Waals surface area contributed by atoms with Gasteiger partial charge in [-0.3, -0.25) is 0 Å². The summed E-state index contributed by atoms with van der Waals surface area (Å²) >= 11 is 0. The van der Waals surface area contributed by atoms with Crippen LogP contribution in [-0.2, 0) is 0 Å². The molecule has 2 aromatic carbocycles. The Bertz CT molecular complexity index is 930. The molecule has 0 amide bonds. The molecule has 0 radical (unpaired) electrons. The predicted octanol–water partition coefficient (Wildman–Crippen LogP) is 3.70. The van der Waals surface area contributed by atoms with Gasteiger partial charge in [0.1, 0.15) is 5.75 Å². The van der Waals surface area contributed by atoms with Crippen LogP contribution in [0.2, 0.25) is 0 Å². The van der Waals surface area contributed by atoms with E-state index in [9.17, 15) is 9.90 Å². The Balaban J connectivity index is 1.89. The van der Waals surface area contributed by atoms with Crippen molar-refractivity contribution in [2.24, 2.45) is 0 Å². The molecular weight excluding hydrogens is 304 g/mol. The molecule has 2 heterocycles. The lowest BCUT2D eigenvalue weighted by Crippen LogP contribution is -2.23. The van der Waals surface area contributed by atoms with E-state index in [-0.39, 0.29) is 6.04 Å². The minimum absolute atomic E-state index is 0.244. The zero-order valence-electron chi connectivity index (χ0n) is 13.1. The average Bonchev–Trinajstić information content (AvgIpc) is 3.10. The molecule has 1 aliphatic rings. The summed E-state index contributed by atoms with van der Waals surface area (Å²) in [6.45, 7) is 0. The Hall–Kier alpha value is -3.21. The first-order valence-electron chi connectivity index (χ1n) is 7.63. The normalized spacial score (nSPS) is 15.1. The van der Waals surface area contributed by atoms with E-state index >= 15 is 0 Å². The monoisotopic (exact) mass is 320 g/mol. The van der Waals surface area contributed by atoms with Gasteiger partial charge < -0.3 is 19.7 Å². The summed E-state index contributed by atoms with van der Waals surface area (Å²) in [5, 5.41) is 13.0. The van der Waals surface area contributed by atoms with Gasteiger partial charge >= 0.3 is 5.97 Å². The molecule has 0 bridgehead atoms. The van der Waals surface area contributed by atoms with Crippen LogP contribution in [-0.4, -0.2) is 22.8 Å². The number of aromatic carboxylic acids is 1. The van der Waals surface area contributed by atoms with Crippen LogP contribution >= 0.6 is 0 Å². The van der Waals surface area contributed by atoms with Gasteiger partial charge in [-0.2, -0.15) is 0 Å². The summed E-state index contributed by atoms with van der Waals surface area (Å²) in [6, 6.07) is 16.6. The molecule has 0 saturated heterocycles. The maximum atomic E-state index is 11.6. The highest BCUT2D eigenvalue weighted by molar-refractivity contribution is 5.90. The lowest BCUT2D eigenvalue weighted by molar-refractivity contribution is 0.0695. The second kappa shape index (κ2) is 5.45. The molecule has 1 aromatic heterocycles. The number of carbonyl (C=O) groups is 1. The van der Waals surface area contributed by atoms with E-state index in [1.165, 1.54) is 0 Å². The fourth-order valence-corrected chi connectivity index (χ4v) is 3.23. The van der Waals surface area contributed by atoms with Gasteiger partial charge in [0.25, 0.3) is 0 Å². The first kappa shape index (κ1) is 14.4. The third kappa shape index (κ3) is 2.13. The van der Waals surface area contributed by atoms with E-state index in [4.69, 9.17) is 4.74 Å². The second-order valence-corrected chi connectivity index (χ2v) is 5.66. The van der Waals surface area contributed by atoms with Crippen molar-refractivity contribution in [3.05, 3.63) is 77.6 Å². The van der Waals surface area contributed by atoms with E-state index in [1.807, 2.05) is 48.7 Å². The van der Waals surface area contributed by atoms with Crippen LogP contribution in [0.25, 0.3) is 5.69 Å². The summed E-state index contributed by atoms with van der Waals surface area (Å²) in [7, 11) is 1.63. The number of fused-ring (bicyclic) bond motifs is 3. The number of carboxylic acid groups (broad SMARTS) is 1. The molecule has 1 atom stereocenters. The summed E-state index contributed by atoms with van der Waals surface area (Å²) in [4.78, 5) is 11.6. The van der Waals surface area contributed by atoms with E-state index < -0.39 is 5.97 Å². The number of ether oxygens (including phenoxy) is 1. The molecule has 2 N–H and O–H groups in total. The van der Waals surface area contributed by atoms with Crippen molar-refractivity contribution in [2.75, 3.05) is 12.4 Å². The molecule has 1 aliphatic heterocycles. The van der Waals surface area contributed by atoms with Crippen LogP contribution in [0.4, 0.5) is 5.69 Å². The number of nitrogens with zero attached hydrogens (tertiary/aromatic N) is 1. The standard InChI is InChI=1S/C19H16N2O3/c1-24-12-8-9-16-15(11-12)20-18(17-7-4-10-21(16)17)13-5-2-3-6-14(13)19(22)23/h2-11,18,20H,1H3,(H,22,23). The molecular formula is C19H16N2O3. The average molecular weight is 320 g/mol. The van der Waals surface area contributed by atoms with Gasteiger partial charge in [0.2, 0.25) is 0 Å². The topological polar surface area (TPSA) is 63.5 Å². The van der Waals surface area contributed by atoms with Gasteiger partial charge in [0.15, 0.2) is 0 Å². The van der Waals surface area contributed by atoms with Crippen molar-refractivity contribution in [3.63, 3.8) is 0 Å². The molecule has 120 valence electrons. The molecule has 5 nitrogen and oxygen atoms in total. The van der Waals surface area contributed by atoms with Gasteiger partial charge in [-0.25, -0.2) is 4.79 Å². The highest BCUT2D eigenvalue weighted by atomic mass is 16.5. The molecule has 3 aromatic rings. The first-order chi connectivity index (χ1) is 11.7. The van der Waals surface area contributed by atoms with Crippen LogP contribution in [0, 0.1) is 0 Å². The fourth-order valence-electron chi connectivity index (χ4n) is 3.23. The maximum absolute atomic E-state index is 11.6. The van der Waals surface area contributed by atoms with E-state index in [0.717, 1.165) is 28.4 Å². The third-order valence-corrected chi connectivity index (χ3v) is 4.34. The van der Waals surface area contributed by atoms with Gasteiger partial charge in [-0.1, -0.05) is 18.2 Å². The molecule has 0 spiro atoms. The van der Waals surface area contributed by atoms with Gasteiger partial charge in [-0.15, -0.1) is 0 Å². The molecule has 5 heteroatoms. The predicted molar refractivity (Wildman–Crippen MR) is 91.2 cm³/mol. The lowest BCUT2D eigenvalue weighted by Gasteiger charge is -2.30. The Morgan fingerprint density at radius 2 is 2.00 bits per heavy atom. The van der Waals surface area contributed by atoms with Crippen molar-refractivity contribution >= 4 is 11.7 Å². The fraction of sp³-hybridized carbons (Fsp3) is 0.105. The van der Waals surface area contributed by atoms with Crippen molar-refractivity contribution < 1.29 is 14.6 Å². The van der Waals surface area contributed by atoms with Crippen molar-refractivity contribution in [2.45, 2.75) is 6.04 Å². The smallest absolute Gasteiger partial charge is 0.336 e. The highest BCUT2D eigenvalue weighted by Crippen LogP contribution is 2.39. The Morgan fingerprint density at radius 3 is 2.79 bits per heavy atom. The molecule has 0 saturated carbocycles. The number of hydrogen-bond donors (Lipinski definition) is 2. The summed E-state index contributed by atoms with van der Waals surface area (Å²) < 4.78 is 7.39. The molecule has 0 fully saturated rings. The van der Waals surface area contributed by atoms with E-state index in [1.54, 1.807) is 19.2 Å². The quantitative estimate of drug-likeness (QED) is 0.772. The largest absolute Gasteiger partial charge is 0.497 e. The SMILES string of the molecule is COc1ccc2c(c1)NC(c1ccccc1C(=O)O)c1cccn1-2. The Labute approximate surface area is 139 Å².